The number of hydrogen-bond acceptors (Lipinski definition) is 3. The molecule has 1 saturated heterocycles. The molecule has 2 aromatic rings. The van der Waals surface area contributed by atoms with Crippen LogP contribution in [0.1, 0.15) is 0 Å². The lowest BCUT2D eigenvalue weighted by molar-refractivity contribution is 0.653. The van der Waals surface area contributed by atoms with Gasteiger partial charge in [-0.2, -0.15) is 0 Å². The maximum atomic E-state index is 6.05. The van der Waals surface area contributed by atoms with Crippen molar-refractivity contribution in [1.82, 2.24) is 4.98 Å². The lowest BCUT2D eigenvalue weighted by Crippen LogP contribution is -2.46. The van der Waals surface area contributed by atoms with E-state index in [-0.39, 0.29) is 0 Å². The van der Waals surface area contributed by atoms with Crippen molar-refractivity contribution in [3.8, 4) is 0 Å². The van der Waals surface area contributed by atoms with E-state index in [2.05, 4.69) is 20.9 Å². The fourth-order valence-corrected chi connectivity index (χ4v) is 2.84. The largest absolute Gasteiger partial charge is 0.368 e. The van der Waals surface area contributed by atoms with Crippen molar-refractivity contribution in [3.63, 3.8) is 0 Å². The number of piperazine rings is 1. The molecule has 1 aromatic carbocycles. The highest BCUT2D eigenvalue weighted by molar-refractivity contribution is 6.30. The topological polar surface area (TPSA) is 19.4 Å². The van der Waals surface area contributed by atoms with E-state index in [0.29, 0.717) is 5.15 Å². The van der Waals surface area contributed by atoms with E-state index < -0.39 is 0 Å². The number of hydrogen-bond donors (Lipinski definition) is 0. The van der Waals surface area contributed by atoms with Crippen molar-refractivity contribution in [3.05, 3.63) is 52.8 Å². The van der Waals surface area contributed by atoms with Crippen LogP contribution in [0.2, 0.25) is 10.2 Å². The van der Waals surface area contributed by atoms with Gasteiger partial charge >= 0.3 is 0 Å². The Morgan fingerprint density at radius 1 is 0.850 bits per heavy atom. The van der Waals surface area contributed by atoms with Crippen LogP contribution < -0.4 is 9.80 Å². The van der Waals surface area contributed by atoms with Crippen LogP contribution in [-0.2, 0) is 0 Å². The third kappa shape index (κ3) is 3.00. The molecule has 5 heteroatoms. The summed E-state index contributed by atoms with van der Waals surface area (Å²) in [6.45, 7) is 3.88. The second-order valence-electron chi connectivity index (χ2n) is 4.79. The molecule has 0 unspecified atom stereocenters. The van der Waals surface area contributed by atoms with Gasteiger partial charge in [-0.1, -0.05) is 29.3 Å². The fraction of sp³-hybridized carbons (Fsp3) is 0.267. The smallest absolute Gasteiger partial charge is 0.131 e. The Kier molecular flexibility index (Phi) is 3.99. The lowest BCUT2D eigenvalue weighted by atomic mass is 10.2. The van der Waals surface area contributed by atoms with Gasteiger partial charge in [0.25, 0.3) is 0 Å². The maximum absolute atomic E-state index is 6.05. The Labute approximate surface area is 128 Å². The fourth-order valence-electron chi connectivity index (χ4n) is 2.48. The highest BCUT2D eigenvalue weighted by atomic mass is 35.5. The quantitative estimate of drug-likeness (QED) is 0.788. The molecule has 0 saturated carbocycles. The van der Waals surface area contributed by atoms with E-state index in [4.69, 9.17) is 23.2 Å². The summed E-state index contributed by atoms with van der Waals surface area (Å²) in [5, 5.41) is 1.32. The van der Waals surface area contributed by atoms with Crippen LogP contribution in [-0.4, -0.2) is 31.2 Å². The second-order valence-corrected chi connectivity index (χ2v) is 5.61. The number of benzene rings is 1. The van der Waals surface area contributed by atoms with Gasteiger partial charge in [-0.15, -0.1) is 0 Å². The minimum atomic E-state index is 0.541. The zero-order valence-corrected chi connectivity index (χ0v) is 12.5. The zero-order valence-electron chi connectivity index (χ0n) is 11.0. The first-order valence-electron chi connectivity index (χ1n) is 6.59. The maximum Gasteiger partial charge on any atom is 0.131 e. The highest BCUT2D eigenvalue weighted by Gasteiger charge is 2.17. The zero-order chi connectivity index (χ0) is 13.9. The second kappa shape index (κ2) is 5.90. The number of aromatic nitrogens is 1. The van der Waals surface area contributed by atoms with E-state index in [1.807, 2.05) is 30.3 Å². The molecule has 0 radical (unpaired) electrons. The Morgan fingerprint density at radius 3 is 2.10 bits per heavy atom. The van der Waals surface area contributed by atoms with Gasteiger partial charge < -0.3 is 9.80 Å². The number of nitrogens with zero attached hydrogens (tertiary/aromatic N) is 3. The third-order valence-electron chi connectivity index (χ3n) is 3.53. The summed E-state index contributed by atoms with van der Waals surface area (Å²) in [5.41, 5.74) is 2.32. The summed E-state index contributed by atoms with van der Waals surface area (Å²) in [7, 11) is 0. The van der Waals surface area contributed by atoms with Crippen LogP contribution in [0.5, 0.6) is 0 Å². The highest BCUT2D eigenvalue weighted by Crippen LogP contribution is 2.23. The summed E-state index contributed by atoms with van der Waals surface area (Å²) < 4.78 is 0. The van der Waals surface area contributed by atoms with Crippen molar-refractivity contribution in [2.75, 3.05) is 36.0 Å². The van der Waals surface area contributed by atoms with Gasteiger partial charge in [0, 0.05) is 48.8 Å². The van der Waals surface area contributed by atoms with Gasteiger partial charge in [0.1, 0.15) is 5.15 Å². The molecule has 2 heterocycles. The summed E-state index contributed by atoms with van der Waals surface area (Å²) >= 11 is 12.0. The Morgan fingerprint density at radius 2 is 1.50 bits per heavy atom. The normalized spacial score (nSPS) is 15.5. The van der Waals surface area contributed by atoms with Crippen molar-refractivity contribution >= 4 is 34.6 Å². The van der Waals surface area contributed by atoms with Crippen molar-refractivity contribution in [2.24, 2.45) is 0 Å². The van der Waals surface area contributed by atoms with Crippen LogP contribution in [0.25, 0.3) is 0 Å². The van der Waals surface area contributed by atoms with E-state index in [0.717, 1.165) is 36.9 Å². The van der Waals surface area contributed by atoms with Crippen LogP contribution >= 0.6 is 23.2 Å². The number of anilines is 2. The van der Waals surface area contributed by atoms with E-state index in [9.17, 15) is 0 Å². The summed E-state index contributed by atoms with van der Waals surface area (Å²) in [5.74, 6) is 0. The Balaban J connectivity index is 1.68. The molecule has 1 fully saturated rings. The van der Waals surface area contributed by atoms with Gasteiger partial charge in [0.2, 0.25) is 0 Å². The molecule has 0 bridgehead atoms. The molecule has 0 N–H and O–H groups in total. The van der Waals surface area contributed by atoms with Gasteiger partial charge in [0.15, 0.2) is 0 Å². The molecule has 1 aliphatic heterocycles. The minimum Gasteiger partial charge on any atom is -0.368 e. The number of halogens is 2. The van der Waals surface area contributed by atoms with Crippen LogP contribution in [0.4, 0.5) is 11.4 Å². The van der Waals surface area contributed by atoms with Crippen molar-refractivity contribution in [2.45, 2.75) is 0 Å². The van der Waals surface area contributed by atoms with Crippen LogP contribution in [0.15, 0.2) is 42.6 Å². The molecule has 1 aliphatic rings. The summed E-state index contributed by atoms with van der Waals surface area (Å²) in [4.78, 5) is 8.70. The monoisotopic (exact) mass is 307 g/mol. The Hall–Kier alpha value is -1.45. The number of pyridine rings is 1. The molecule has 1 aromatic heterocycles. The molecular formula is C15H15Cl2N3. The van der Waals surface area contributed by atoms with Crippen LogP contribution in [0.3, 0.4) is 0 Å². The lowest BCUT2D eigenvalue weighted by Gasteiger charge is -2.37. The van der Waals surface area contributed by atoms with Crippen molar-refractivity contribution < 1.29 is 0 Å². The first kappa shape index (κ1) is 13.5. The van der Waals surface area contributed by atoms with Gasteiger partial charge in [-0.05, 0) is 30.3 Å². The molecular weight excluding hydrogens is 293 g/mol. The molecule has 0 spiro atoms. The molecule has 0 atom stereocenters. The molecule has 20 heavy (non-hydrogen) atoms. The van der Waals surface area contributed by atoms with Crippen molar-refractivity contribution in [1.29, 1.82) is 0 Å². The average Bonchev–Trinajstić information content (AvgIpc) is 2.47. The standard InChI is InChI=1S/C15H15Cl2N3/c16-12-2-1-3-13(10-12)19-6-8-20(9-7-19)14-4-5-18-15(17)11-14/h1-5,10-11H,6-9H2. The van der Waals surface area contributed by atoms with Gasteiger partial charge in [-0.3, -0.25) is 0 Å². The van der Waals surface area contributed by atoms with Gasteiger partial charge in [0.05, 0.1) is 0 Å². The molecule has 3 rings (SSSR count). The summed E-state index contributed by atoms with van der Waals surface area (Å²) in [6.07, 6.45) is 1.75. The van der Waals surface area contributed by atoms with E-state index >= 15 is 0 Å². The minimum absolute atomic E-state index is 0.541. The van der Waals surface area contributed by atoms with Crippen LogP contribution in [0, 0.1) is 0 Å². The SMILES string of the molecule is Clc1cccc(N2CCN(c3ccnc(Cl)c3)CC2)c1. The first-order valence-corrected chi connectivity index (χ1v) is 7.35. The molecule has 104 valence electrons. The predicted octanol–water partition coefficient (Wildman–Crippen LogP) is 3.72. The molecule has 0 aliphatic carbocycles. The molecule has 3 nitrogen and oxygen atoms in total. The predicted molar refractivity (Wildman–Crippen MR) is 85.1 cm³/mol. The molecule has 0 amide bonds. The van der Waals surface area contributed by atoms with E-state index in [1.54, 1.807) is 6.20 Å². The van der Waals surface area contributed by atoms with Gasteiger partial charge in [-0.25, -0.2) is 4.98 Å². The third-order valence-corrected chi connectivity index (χ3v) is 3.97. The number of rotatable bonds is 2. The first-order chi connectivity index (χ1) is 9.72. The Bertz CT molecular complexity index is 542. The average molecular weight is 308 g/mol. The van der Waals surface area contributed by atoms with E-state index in [1.165, 1.54) is 5.69 Å². The summed E-state index contributed by atoms with van der Waals surface area (Å²) in [6, 6.07) is 11.9.